The molecule has 2 N–H and O–H groups in total. The lowest BCUT2D eigenvalue weighted by Crippen LogP contribution is -2.20. The van der Waals surface area contributed by atoms with Crippen LogP contribution in [-0.2, 0) is 0 Å². The molecular formula is C8H7BF3NO. The van der Waals surface area contributed by atoms with Crippen molar-refractivity contribution in [2.24, 2.45) is 5.73 Å². The fraction of sp³-hybridized carbons (Fsp3) is 0.250. The summed E-state index contributed by atoms with van der Waals surface area (Å²) >= 11 is 0. The maximum absolute atomic E-state index is 11.9. The van der Waals surface area contributed by atoms with Gasteiger partial charge in [0.05, 0.1) is 7.85 Å². The first-order valence-corrected chi connectivity index (χ1v) is 3.76. The predicted molar refractivity (Wildman–Crippen MR) is 45.8 cm³/mol. The van der Waals surface area contributed by atoms with Crippen LogP contribution in [0.1, 0.15) is 11.5 Å². The third-order valence-electron chi connectivity index (χ3n) is 1.50. The second-order valence-corrected chi connectivity index (χ2v) is 2.61. The smallest absolute Gasteiger partial charge is 0.405 e. The first kappa shape index (κ1) is 10.9. The van der Waals surface area contributed by atoms with E-state index in [0.717, 1.165) is 6.07 Å². The summed E-state index contributed by atoms with van der Waals surface area (Å²) in [5.41, 5.74) is 5.38. The van der Waals surface area contributed by atoms with E-state index in [1.54, 1.807) is 0 Å². The molecule has 1 unspecified atom stereocenters. The van der Waals surface area contributed by atoms with Crippen molar-refractivity contribution in [2.75, 3.05) is 0 Å². The van der Waals surface area contributed by atoms with Gasteiger partial charge in [-0.15, -0.1) is 13.2 Å². The van der Waals surface area contributed by atoms with Crippen molar-refractivity contribution >= 4 is 7.85 Å². The van der Waals surface area contributed by atoms with Gasteiger partial charge in [-0.2, -0.15) is 0 Å². The van der Waals surface area contributed by atoms with Crippen molar-refractivity contribution in [3.8, 4) is 5.75 Å². The molecule has 2 radical (unpaired) electrons. The minimum absolute atomic E-state index is 0.116. The zero-order valence-electron chi connectivity index (χ0n) is 7.08. The molecule has 1 aromatic carbocycles. The number of ether oxygens (including phenoxy) is 1. The molecule has 6 heteroatoms. The Morgan fingerprint density at radius 2 is 1.86 bits per heavy atom. The molecule has 14 heavy (non-hydrogen) atoms. The molecule has 0 aromatic heterocycles. The molecule has 0 amide bonds. The molecule has 0 heterocycles. The fourth-order valence-corrected chi connectivity index (χ4v) is 0.974. The molecular weight excluding hydrogens is 194 g/mol. The first-order chi connectivity index (χ1) is 6.40. The number of halogens is 3. The Morgan fingerprint density at radius 1 is 1.29 bits per heavy atom. The zero-order chi connectivity index (χ0) is 10.8. The third kappa shape index (κ3) is 2.95. The highest BCUT2D eigenvalue weighted by Crippen LogP contribution is 2.28. The van der Waals surface area contributed by atoms with Crippen LogP contribution in [0.15, 0.2) is 24.3 Å². The maximum atomic E-state index is 11.9. The van der Waals surface area contributed by atoms with E-state index in [2.05, 4.69) is 4.74 Å². The molecule has 0 aliphatic rings. The summed E-state index contributed by atoms with van der Waals surface area (Å²) < 4.78 is 39.4. The van der Waals surface area contributed by atoms with Gasteiger partial charge in [-0.3, -0.25) is 0 Å². The average molecular weight is 201 g/mol. The average Bonchev–Trinajstić information content (AvgIpc) is 2.01. The van der Waals surface area contributed by atoms with Gasteiger partial charge < -0.3 is 10.5 Å². The van der Waals surface area contributed by atoms with Crippen LogP contribution in [0.2, 0.25) is 0 Å². The van der Waals surface area contributed by atoms with E-state index >= 15 is 0 Å². The number of nitrogens with two attached hydrogens (primary N) is 1. The highest BCUT2D eigenvalue weighted by molar-refractivity contribution is 6.12. The highest BCUT2D eigenvalue weighted by Gasteiger charge is 2.32. The Balaban J connectivity index is 2.96. The molecule has 0 saturated heterocycles. The van der Waals surface area contributed by atoms with E-state index in [4.69, 9.17) is 13.6 Å². The lowest BCUT2D eigenvalue weighted by molar-refractivity contribution is -0.274. The Kier molecular flexibility index (Phi) is 3.05. The van der Waals surface area contributed by atoms with Crippen LogP contribution in [0.5, 0.6) is 5.75 Å². The zero-order valence-corrected chi connectivity index (χ0v) is 7.08. The van der Waals surface area contributed by atoms with E-state index in [1.165, 1.54) is 18.2 Å². The molecule has 1 rings (SSSR count). The lowest BCUT2D eigenvalue weighted by Gasteiger charge is -2.14. The molecule has 1 atom stereocenters. The lowest BCUT2D eigenvalue weighted by atomic mass is 9.89. The van der Waals surface area contributed by atoms with Crippen LogP contribution >= 0.6 is 0 Å². The quantitative estimate of drug-likeness (QED) is 0.739. The van der Waals surface area contributed by atoms with Gasteiger partial charge in [0.25, 0.3) is 0 Å². The molecule has 2 nitrogen and oxygen atoms in total. The second kappa shape index (κ2) is 3.92. The van der Waals surface area contributed by atoms with Gasteiger partial charge in [-0.25, -0.2) is 0 Å². The minimum Gasteiger partial charge on any atom is -0.405 e. The van der Waals surface area contributed by atoms with Crippen molar-refractivity contribution in [1.29, 1.82) is 0 Å². The number of rotatable bonds is 2. The summed E-state index contributed by atoms with van der Waals surface area (Å²) in [6, 6.07) is 5.49. The van der Waals surface area contributed by atoms with Crippen molar-refractivity contribution < 1.29 is 17.9 Å². The van der Waals surface area contributed by atoms with Crippen molar-refractivity contribution in [1.82, 2.24) is 0 Å². The summed E-state index contributed by atoms with van der Waals surface area (Å²) in [7, 11) is 5.26. The van der Waals surface area contributed by atoms with Gasteiger partial charge in [0.15, 0.2) is 0 Å². The van der Waals surface area contributed by atoms with Crippen molar-refractivity contribution in [2.45, 2.75) is 12.3 Å². The van der Waals surface area contributed by atoms with Crippen molar-refractivity contribution in [3.63, 3.8) is 0 Å². The minimum atomic E-state index is -4.73. The van der Waals surface area contributed by atoms with Crippen LogP contribution in [-0.4, -0.2) is 14.2 Å². The van der Waals surface area contributed by atoms with Crippen LogP contribution < -0.4 is 10.5 Å². The standard InChI is InChI=1S/C8H7BF3NO/c9-7(13)5-3-1-2-4-6(5)14-8(10,11)12/h1-4,7H,13H2. The normalized spacial score (nSPS) is 13.7. The van der Waals surface area contributed by atoms with Crippen molar-refractivity contribution in [3.05, 3.63) is 29.8 Å². The van der Waals surface area contributed by atoms with Crippen LogP contribution in [0.3, 0.4) is 0 Å². The number of alkyl halides is 3. The number of benzene rings is 1. The molecule has 0 aliphatic heterocycles. The summed E-state index contributed by atoms with van der Waals surface area (Å²) in [4.78, 5) is 0. The van der Waals surface area contributed by atoms with Crippen LogP contribution in [0.25, 0.3) is 0 Å². The monoisotopic (exact) mass is 201 g/mol. The van der Waals surface area contributed by atoms with Gasteiger partial charge in [0.1, 0.15) is 5.75 Å². The van der Waals surface area contributed by atoms with E-state index in [0.29, 0.717) is 0 Å². The van der Waals surface area contributed by atoms with Gasteiger partial charge in [0.2, 0.25) is 0 Å². The van der Waals surface area contributed by atoms with Gasteiger partial charge in [-0.05, 0) is 12.0 Å². The Hall–Kier alpha value is -1.17. The maximum Gasteiger partial charge on any atom is 0.573 e. The molecule has 0 fully saturated rings. The predicted octanol–water partition coefficient (Wildman–Crippen LogP) is 1.71. The van der Waals surface area contributed by atoms with Gasteiger partial charge >= 0.3 is 6.36 Å². The van der Waals surface area contributed by atoms with E-state index in [9.17, 15) is 13.2 Å². The first-order valence-electron chi connectivity index (χ1n) is 3.76. The van der Waals surface area contributed by atoms with Gasteiger partial charge in [0, 0.05) is 5.56 Å². The summed E-state index contributed by atoms with van der Waals surface area (Å²) in [6.07, 6.45) is -4.73. The number of hydrogen-bond acceptors (Lipinski definition) is 2. The molecule has 0 saturated carbocycles. The molecule has 0 aliphatic carbocycles. The Morgan fingerprint density at radius 3 is 2.36 bits per heavy atom. The van der Waals surface area contributed by atoms with E-state index in [-0.39, 0.29) is 11.3 Å². The number of hydrogen-bond donors (Lipinski definition) is 1. The summed E-state index contributed by atoms with van der Waals surface area (Å²) in [5.74, 6) is -1.36. The Labute approximate surface area is 80.3 Å². The summed E-state index contributed by atoms with van der Waals surface area (Å²) in [5, 5.41) is 0. The molecule has 1 aromatic rings. The van der Waals surface area contributed by atoms with Crippen LogP contribution in [0, 0.1) is 0 Å². The SMILES string of the molecule is [B]C(N)c1ccccc1OC(F)(F)F. The second-order valence-electron chi connectivity index (χ2n) is 2.61. The topological polar surface area (TPSA) is 35.2 Å². The summed E-state index contributed by atoms with van der Waals surface area (Å²) in [6.45, 7) is 0. The molecule has 74 valence electrons. The van der Waals surface area contributed by atoms with E-state index in [1.807, 2.05) is 0 Å². The number of para-hydroxylation sites is 1. The fourth-order valence-electron chi connectivity index (χ4n) is 0.974. The largest absolute Gasteiger partial charge is 0.573 e. The van der Waals surface area contributed by atoms with E-state index < -0.39 is 12.3 Å². The third-order valence-corrected chi connectivity index (χ3v) is 1.50. The molecule has 0 spiro atoms. The Bertz CT molecular complexity index is 314. The molecule has 0 bridgehead atoms. The van der Waals surface area contributed by atoms with Gasteiger partial charge in [-0.1, -0.05) is 18.2 Å². The van der Waals surface area contributed by atoms with Crippen LogP contribution in [0.4, 0.5) is 13.2 Å². The highest BCUT2D eigenvalue weighted by atomic mass is 19.4.